The predicted molar refractivity (Wildman–Crippen MR) is 135 cm³/mol. The minimum atomic E-state index is -0.997. The first-order valence-electron chi connectivity index (χ1n) is 12.2. The topological polar surface area (TPSA) is 142 Å². The van der Waals surface area contributed by atoms with E-state index in [1.165, 1.54) is 12.3 Å². The standard InChI is InChI=1S/C25H35N7O4/c1-5-6-9-19(22(33)23(34)29-21-10-13-27-30-21)28-24(35)36-20(25(2,3)4)16-32-14-11-18(31-32)17-8-7-12-26-15-17/h7-8,10,12-13,15,19-20H,5-6,9,11,14,16H2,1-4H3,(H,28,35)(H2,27,29,30,34)/t19-,20+/m0/s1. The number of hydrogen-bond acceptors (Lipinski definition) is 8. The summed E-state index contributed by atoms with van der Waals surface area (Å²) in [7, 11) is 0. The third-order valence-electron chi connectivity index (χ3n) is 5.88. The second-order valence-corrected chi connectivity index (χ2v) is 9.84. The summed E-state index contributed by atoms with van der Waals surface area (Å²) in [5, 5.41) is 18.0. The number of hydrogen-bond donors (Lipinski definition) is 3. The lowest BCUT2D eigenvalue weighted by molar-refractivity contribution is -0.136. The van der Waals surface area contributed by atoms with Crippen LogP contribution in [-0.2, 0) is 14.3 Å². The highest BCUT2D eigenvalue weighted by molar-refractivity contribution is 6.42. The summed E-state index contributed by atoms with van der Waals surface area (Å²) < 4.78 is 5.79. The number of pyridine rings is 1. The van der Waals surface area contributed by atoms with E-state index in [0.29, 0.717) is 31.7 Å². The molecule has 3 heterocycles. The van der Waals surface area contributed by atoms with Crippen molar-refractivity contribution in [1.29, 1.82) is 0 Å². The van der Waals surface area contributed by atoms with Crippen LogP contribution in [-0.4, -0.2) is 68.9 Å². The third-order valence-corrected chi connectivity index (χ3v) is 5.88. The van der Waals surface area contributed by atoms with E-state index in [-0.39, 0.29) is 5.41 Å². The van der Waals surface area contributed by atoms with E-state index < -0.39 is 29.9 Å². The number of hydrazone groups is 1. The molecule has 36 heavy (non-hydrogen) atoms. The highest BCUT2D eigenvalue weighted by Gasteiger charge is 2.34. The molecule has 0 bridgehead atoms. The van der Waals surface area contributed by atoms with Crippen LogP contribution >= 0.6 is 0 Å². The van der Waals surface area contributed by atoms with Crippen LogP contribution < -0.4 is 10.6 Å². The van der Waals surface area contributed by atoms with Crippen molar-refractivity contribution in [1.82, 2.24) is 25.5 Å². The van der Waals surface area contributed by atoms with Crippen LogP contribution in [0, 0.1) is 5.41 Å². The van der Waals surface area contributed by atoms with E-state index in [9.17, 15) is 14.4 Å². The summed E-state index contributed by atoms with van der Waals surface area (Å²) in [5.41, 5.74) is 1.52. The Labute approximate surface area is 211 Å². The van der Waals surface area contributed by atoms with E-state index in [1.54, 1.807) is 12.4 Å². The second kappa shape index (κ2) is 12.3. The Balaban J connectivity index is 1.63. The molecule has 2 amide bonds. The SMILES string of the molecule is CCCC[C@H](NC(=O)O[C@H](CN1CCC(c2cccnc2)=N1)C(C)(C)C)C(=O)C(=O)Nc1ccn[nH]1. The van der Waals surface area contributed by atoms with Crippen molar-refractivity contribution >= 4 is 29.3 Å². The molecule has 0 saturated heterocycles. The zero-order valence-corrected chi connectivity index (χ0v) is 21.3. The van der Waals surface area contributed by atoms with Gasteiger partial charge in [-0.05, 0) is 12.5 Å². The molecule has 194 valence electrons. The van der Waals surface area contributed by atoms with Gasteiger partial charge in [-0.2, -0.15) is 10.2 Å². The number of carbonyl (C=O) groups is 3. The molecule has 2 aromatic heterocycles. The maximum atomic E-state index is 12.9. The van der Waals surface area contributed by atoms with Crippen molar-refractivity contribution in [3.05, 3.63) is 42.4 Å². The maximum absolute atomic E-state index is 12.9. The van der Waals surface area contributed by atoms with Gasteiger partial charge in [-0.1, -0.05) is 46.6 Å². The molecular formula is C25H35N7O4. The number of ether oxygens (including phenoxy) is 1. The summed E-state index contributed by atoms with van der Waals surface area (Å²) in [5.74, 6) is -1.27. The van der Waals surface area contributed by atoms with E-state index in [0.717, 1.165) is 24.1 Å². The number of nitrogens with zero attached hydrogens (tertiary/aromatic N) is 4. The number of unbranched alkanes of at least 4 members (excludes halogenated alkanes) is 1. The van der Waals surface area contributed by atoms with Crippen LogP contribution in [0.15, 0.2) is 41.9 Å². The molecule has 2 atom stereocenters. The van der Waals surface area contributed by atoms with Crippen LogP contribution in [0.5, 0.6) is 0 Å². The number of Topliss-reactive ketones (excluding diaryl/α,β-unsaturated/α-hetero) is 1. The van der Waals surface area contributed by atoms with Gasteiger partial charge in [0.25, 0.3) is 5.91 Å². The zero-order chi connectivity index (χ0) is 26.1. The number of alkyl carbamates (subject to hydrolysis) is 1. The minimum Gasteiger partial charge on any atom is -0.444 e. The fraction of sp³-hybridized carbons (Fsp3) is 0.520. The molecule has 3 N–H and O–H groups in total. The fourth-order valence-electron chi connectivity index (χ4n) is 3.70. The molecule has 0 radical (unpaired) electrons. The molecule has 0 fully saturated rings. The quantitative estimate of drug-likeness (QED) is 0.405. The van der Waals surface area contributed by atoms with Gasteiger partial charge in [-0.25, -0.2) is 4.79 Å². The van der Waals surface area contributed by atoms with Crippen molar-refractivity contribution in [3.63, 3.8) is 0 Å². The molecule has 11 heteroatoms. The van der Waals surface area contributed by atoms with Crippen LogP contribution in [0.4, 0.5) is 10.6 Å². The summed E-state index contributed by atoms with van der Waals surface area (Å²) in [6.07, 6.45) is 6.28. The van der Waals surface area contributed by atoms with Gasteiger partial charge < -0.3 is 15.4 Å². The van der Waals surface area contributed by atoms with E-state index >= 15 is 0 Å². The number of H-pyrrole nitrogens is 1. The first-order chi connectivity index (χ1) is 17.2. The monoisotopic (exact) mass is 497 g/mol. The molecular weight excluding hydrogens is 462 g/mol. The van der Waals surface area contributed by atoms with Gasteiger partial charge >= 0.3 is 6.09 Å². The van der Waals surface area contributed by atoms with E-state index in [1.807, 2.05) is 44.8 Å². The van der Waals surface area contributed by atoms with Gasteiger partial charge in [0.05, 0.1) is 18.5 Å². The zero-order valence-electron chi connectivity index (χ0n) is 21.3. The third kappa shape index (κ3) is 7.62. The molecule has 1 aliphatic heterocycles. The van der Waals surface area contributed by atoms with Crippen molar-refractivity contribution in [2.75, 3.05) is 18.4 Å². The number of aromatic nitrogens is 3. The maximum Gasteiger partial charge on any atom is 0.408 e. The van der Waals surface area contributed by atoms with Crippen LogP contribution in [0.2, 0.25) is 0 Å². The van der Waals surface area contributed by atoms with E-state index in [2.05, 4.69) is 25.8 Å². The Bertz CT molecular complexity index is 1050. The highest BCUT2D eigenvalue weighted by atomic mass is 16.6. The van der Waals surface area contributed by atoms with E-state index in [4.69, 9.17) is 9.84 Å². The summed E-state index contributed by atoms with van der Waals surface area (Å²) in [6, 6.07) is 4.37. The normalized spacial score (nSPS) is 15.1. The van der Waals surface area contributed by atoms with Crippen LogP contribution in [0.3, 0.4) is 0 Å². The molecule has 11 nitrogen and oxygen atoms in total. The molecule has 3 rings (SSSR count). The number of carbonyl (C=O) groups excluding carboxylic acids is 3. The number of rotatable bonds is 11. The first-order valence-corrected chi connectivity index (χ1v) is 12.2. The molecule has 0 aliphatic carbocycles. The van der Waals surface area contributed by atoms with Crippen LogP contribution in [0.1, 0.15) is 58.9 Å². The average molecular weight is 498 g/mol. The molecule has 0 saturated carbocycles. The number of ketones is 1. The summed E-state index contributed by atoms with van der Waals surface area (Å²) in [6.45, 7) is 9.00. The largest absolute Gasteiger partial charge is 0.444 e. The molecule has 2 aromatic rings. The van der Waals surface area contributed by atoms with Crippen molar-refractivity contribution < 1.29 is 19.1 Å². The number of aromatic amines is 1. The molecule has 0 aromatic carbocycles. The van der Waals surface area contributed by atoms with Crippen LogP contribution in [0.25, 0.3) is 0 Å². The van der Waals surface area contributed by atoms with Crippen molar-refractivity contribution in [3.8, 4) is 0 Å². The molecule has 0 spiro atoms. The number of anilines is 1. The summed E-state index contributed by atoms with van der Waals surface area (Å²) in [4.78, 5) is 42.3. The van der Waals surface area contributed by atoms with Gasteiger partial charge in [0, 0.05) is 42.4 Å². The summed E-state index contributed by atoms with van der Waals surface area (Å²) >= 11 is 0. The lowest BCUT2D eigenvalue weighted by atomic mass is 9.89. The molecule has 0 unspecified atom stereocenters. The molecule has 1 aliphatic rings. The van der Waals surface area contributed by atoms with Gasteiger partial charge in [0.15, 0.2) is 0 Å². The fourth-order valence-corrected chi connectivity index (χ4v) is 3.70. The Morgan fingerprint density at radius 1 is 1.22 bits per heavy atom. The lowest BCUT2D eigenvalue weighted by Crippen LogP contribution is -2.49. The van der Waals surface area contributed by atoms with Crippen molar-refractivity contribution in [2.24, 2.45) is 10.5 Å². The Hall–Kier alpha value is -3.76. The Kier molecular flexibility index (Phi) is 9.15. The van der Waals surface area contributed by atoms with Gasteiger partial charge in [-0.15, -0.1) is 0 Å². The lowest BCUT2D eigenvalue weighted by Gasteiger charge is -2.33. The first kappa shape index (κ1) is 26.8. The number of amides is 2. The highest BCUT2D eigenvalue weighted by Crippen LogP contribution is 2.25. The Morgan fingerprint density at radius 2 is 2.03 bits per heavy atom. The number of nitrogens with one attached hydrogen (secondary N) is 3. The minimum absolute atomic E-state index is 0.301. The van der Waals surface area contributed by atoms with Gasteiger partial charge in [0.1, 0.15) is 18.0 Å². The smallest absolute Gasteiger partial charge is 0.408 e. The average Bonchev–Trinajstić information content (AvgIpc) is 3.53. The van der Waals surface area contributed by atoms with Gasteiger partial charge in [-0.3, -0.25) is 24.7 Å². The Morgan fingerprint density at radius 3 is 2.67 bits per heavy atom. The van der Waals surface area contributed by atoms with Gasteiger partial charge in [0.2, 0.25) is 5.78 Å². The predicted octanol–water partition coefficient (Wildman–Crippen LogP) is 3.12. The second-order valence-electron chi connectivity index (χ2n) is 9.84. The van der Waals surface area contributed by atoms with Crippen molar-refractivity contribution in [2.45, 2.75) is 65.5 Å².